The Kier molecular flexibility index (Phi) is 30.2. The third-order valence-electron chi connectivity index (χ3n) is 9.76. The molecule has 1 aromatic carbocycles. The van der Waals surface area contributed by atoms with Crippen molar-refractivity contribution in [3.05, 3.63) is 29.3 Å². The number of aryl methyl sites for hydroxylation is 2. The van der Waals surface area contributed by atoms with Gasteiger partial charge in [-0.3, -0.25) is 0 Å². The van der Waals surface area contributed by atoms with Gasteiger partial charge in [0.2, 0.25) is 0 Å². The maximum atomic E-state index is 10.4. The SMILES string of the molecule is CCCCCCCCCCCCCCCCCCc1ccc(O)c(CCCCCCCCCCCCCCCCCC)c1. The molecule has 0 saturated heterocycles. The first-order chi connectivity index (χ1) is 21.3. The van der Waals surface area contributed by atoms with Crippen molar-refractivity contribution in [2.24, 2.45) is 0 Å². The average Bonchev–Trinajstić information content (AvgIpc) is 3.02. The molecule has 252 valence electrons. The summed E-state index contributed by atoms with van der Waals surface area (Å²) in [5.74, 6) is 0.511. The molecule has 0 bridgehead atoms. The van der Waals surface area contributed by atoms with Crippen molar-refractivity contribution in [3.63, 3.8) is 0 Å². The zero-order chi connectivity index (χ0) is 30.9. The maximum Gasteiger partial charge on any atom is 0.118 e. The van der Waals surface area contributed by atoms with Crippen LogP contribution in [0.15, 0.2) is 18.2 Å². The van der Waals surface area contributed by atoms with Gasteiger partial charge in [-0.15, -0.1) is 0 Å². The van der Waals surface area contributed by atoms with Crippen LogP contribution in [-0.2, 0) is 12.8 Å². The van der Waals surface area contributed by atoms with E-state index in [1.807, 2.05) is 6.07 Å². The molecule has 43 heavy (non-hydrogen) atoms. The van der Waals surface area contributed by atoms with E-state index in [0.29, 0.717) is 5.75 Å². The van der Waals surface area contributed by atoms with Crippen LogP contribution in [-0.4, -0.2) is 5.11 Å². The third kappa shape index (κ3) is 27.1. The predicted octanol–water partition coefficient (Wildman–Crippen LogP) is 15.0. The Balaban J connectivity index is 1.91. The Hall–Kier alpha value is -0.980. The Labute approximate surface area is 271 Å². The van der Waals surface area contributed by atoms with Crippen molar-refractivity contribution in [1.82, 2.24) is 0 Å². The zero-order valence-electron chi connectivity index (χ0n) is 29.7. The molecule has 1 heteroatoms. The van der Waals surface area contributed by atoms with E-state index in [-0.39, 0.29) is 0 Å². The number of phenolic OH excluding ortho intramolecular Hbond substituents is 1. The predicted molar refractivity (Wildman–Crippen MR) is 195 cm³/mol. The van der Waals surface area contributed by atoms with Gasteiger partial charge in [0.25, 0.3) is 0 Å². The topological polar surface area (TPSA) is 20.2 Å². The summed E-state index contributed by atoms with van der Waals surface area (Å²) in [6, 6.07) is 6.40. The van der Waals surface area contributed by atoms with E-state index in [0.717, 1.165) is 6.42 Å². The molecule has 0 radical (unpaired) electrons. The summed E-state index contributed by atoms with van der Waals surface area (Å²) in [5.41, 5.74) is 2.61. The standard InChI is InChI=1S/C42H78O/c1-3-5-7-9-11-13-15-17-19-21-23-25-27-29-31-33-35-40-37-38-42(43)41(39-40)36-34-32-30-28-26-24-22-20-18-16-14-12-10-8-6-4-2/h37-39,43H,3-36H2,1-2H3. The monoisotopic (exact) mass is 599 g/mol. The second-order valence-electron chi connectivity index (χ2n) is 14.1. The van der Waals surface area contributed by atoms with Gasteiger partial charge < -0.3 is 5.11 Å². The van der Waals surface area contributed by atoms with Gasteiger partial charge in [0.05, 0.1) is 0 Å². The van der Waals surface area contributed by atoms with Gasteiger partial charge in [-0.2, -0.15) is 0 Å². The van der Waals surface area contributed by atoms with Crippen molar-refractivity contribution in [2.45, 2.75) is 232 Å². The lowest BCUT2D eigenvalue weighted by Crippen LogP contribution is -1.92. The Bertz CT molecular complexity index is 679. The highest BCUT2D eigenvalue weighted by Gasteiger charge is 2.04. The minimum absolute atomic E-state index is 0.511. The highest BCUT2D eigenvalue weighted by atomic mass is 16.3. The smallest absolute Gasteiger partial charge is 0.118 e. The highest BCUT2D eigenvalue weighted by Crippen LogP contribution is 2.23. The molecule has 0 aromatic heterocycles. The average molecular weight is 599 g/mol. The lowest BCUT2D eigenvalue weighted by molar-refractivity contribution is 0.465. The molecule has 1 N–H and O–H groups in total. The minimum atomic E-state index is 0.511. The molecule has 0 saturated carbocycles. The molecular formula is C42H78O. The first kappa shape index (κ1) is 40.0. The number of rotatable bonds is 34. The van der Waals surface area contributed by atoms with E-state index in [9.17, 15) is 5.11 Å². The number of hydrogen-bond acceptors (Lipinski definition) is 1. The van der Waals surface area contributed by atoms with Crippen LogP contribution in [0.3, 0.4) is 0 Å². The van der Waals surface area contributed by atoms with Gasteiger partial charge in [0.15, 0.2) is 0 Å². The largest absolute Gasteiger partial charge is 0.508 e. The van der Waals surface area contributed by atoms with Gasteiger partial charge in [-0.05, 0) is 42.9 Å². The summed E-state index contributed by atoms with van der Waals surface area (Å²) in [5, 5.41) is 10.4. The van der Waals surface area contributed by atoms with E-state index in [1.165, 1.54) is 223 Å². The van der Waals surface area contributed by atoms with E-state index in [1.54, 1.807) is 0 Å². The molecule has 1 rings (SSSR count). The fourth-order valence-electron chi connectivity index (χ4n) is 6.74. The summed E-state index contributed by atoms with van der Waals surface area (Å²) in [6.45, 7) is 4.60. The number of phenols is 1. The van der Waals surface area contributed by atoms with Crippen LogP contribution in [0.25, 0.3) is 0 Å². The number of aromatic hydroxyl groups is 1. The van der Waals surface area contributed by atoms with Crippen LogP contribution in [0, 0.1) is 0 Å². The minimum Gasteiger partial charge on any atom is -0.508 e. The van der Waals surface area contributed by atoms with Crippen LogP contribution in [0.2, 0.25) is 0 Å². The fourth-order valence-corrected chi connectivity index (χ4v) is 6.74. The first-order valence-corrected chi connectivity index (χ1v) is 20.1. The van der Waals surface area contributed by atoms with E-state index >= 15 is 0 Å². The molecule has 0 spiro atoms. The zero-order valence-corrected chi connectivity index (χ0v) is 29.7. The molecule has 0 aliphatic heterocycles. The first-order valence-electron chi connectivity index (χ1n) is 20.1. The van der Waals surface area contributed by atoms with Gasteiger partial charge in [-0.25, -0.2) is 0 Å². The number of unbranched alkanes of at least 4 members (excludes halogenated alkanes) is 30. The molecule has 1 aromatic rings. The quantitative estimate of drug-likeness (QED) is 0.0782. The number of hydrogen-bond donors (Lipinski definition) is 1. The molecule has 0 heterocycles. The van der Waals surface area contributed by atoms with Gasteiger partial charge in [-0.1, -0.05) is 219 Å². The second kappa shape index (κ2) is 32.4. The highest BCUT2D eigenvalue weighted by molar-refractivity contribution is 5.36. The van der Waals surface area contributed by atoms with Crippen molar-refractivity contribution in [2.75, 3.05) is 0 Å². The van der Waals surface area contributed by atoms with Crippen molar-refractivity contribution >= 4 is 0 Å². The molecule has 0 fully saturated rings. The molecule has 0 atom stereocenters. The lowest BCUT2D eigenvalue weighted by Gasteiger charge is -2.09. The second-order valence-corrected chi connectivity index (χ2v) is 14.1. The Morgan fingerprint density at radius 3 is 0.953 bits per heavy atom. The van der Waals surface area contributed by atoms with Gasteiger partial charge in [0.1, 0.15) is 5.75 Å². The van der Waals surface area contributed by atoms with Crippen LogP contribution in [0.4, 0.5) is 0 Å². The fraction of sp³-hybridized carbons (Fsp3) is 0.857. The van der Waals surface area contributed by atoms with Crippen molar-refractivity contribution in [3.8, 4) is 5.75 Å². The van der Waals surface area contributed by atoms with E-state index < -0.39 is 0 Å². The molecule has 0 amide bonds. The van der Waals surface area contributed by atoms with Gasteiger partial charge >= 0.3 is 0 Å². The summed E-state index contributed by atoms with van der Waals surface area (Å²) >= 11 is 0. The Morgan fingerprint density at radius 2 is 0.628 bits per heavy atom. The lowest BCUT2D eigenvalue weighted by atomic mass is 9.99. The molecule has 0 aliphatic carbocycles. The number of benzene rings is 1. The molecule has 1 nitrogen and oxygen atoms in total. The van der Waals surface area contributed by atoms with Crippen LogP contribution in [0.1, 0.15) is 230 Å². The summed E-state index contributed by atoms with van der Waals surface area (Å²) in [7, 11) is 0. The van der Waals surface area contributed by atoms with E-state index in [4.69, 9.17) is 0 Å². The summed E-state index contributed by atoms with van der Waals surface area (Å²) < 4.78 is 0. The van der Waals surface area contributed by atoms with Crippen LogP contribution >= 0.6 is 0 Å². The van der Waals surface area contributed by atoms with Crippen LogP contribution < -0.4 is 0 Å². The van der Waals surface area contributed by atoms with Gasteiger partial charge in [0, 0.05) is 0 Å². The molecule has 0 aliphatic rings. The molecular weight excluding hydrogens is 520 g/mol. The van der Waals surface area contributed by atoms with E-state index in [2.05, 4.69) is 26.0 Å². The normalized spacial score (nSPS) is 11.5. The molecule has 0 unspecified atom stereocenters. The van der Waals surface area contributed by atoms with Crippen molar-refractivity contribution < 1.29 is 5.11 Å². The summed E-state index contributed by atoms with van der Waals surface area (Å²) in [6.07, 6.45) is 47.5. The Morgan fingerprint density at radius 1 is 0.349 bits per heavy atom. The van der Waals surface area contributed by atoms with Crippen molar-refractivity contribution in [1.29, 1.82) is 0 Å². The van der Waals surface area contributed by atoms with Crippen LogP contribution in [0.5, 0.6) is 5.75 Å². The maximum absolute atomic E-state index is 10.4. The summed E-state index contributed by atoms with van der Waals surface area (Å²) in [4.78, 5) is 0. The third-order valence-corrected chi connectivity index (χ3v) is 9.76.